The first kappa shape index (κ1) is 24.9. The van der Waals surface area contributed by atoms with E-state index in [0.29, 0.717) is 24.3 Å². The van der Waals surface area contributed by atoms with Gasteiger partial charge in [0, 0.05) is 13.5 Å². The van der Waals surface area contributed by atoms with E-state index in [1.54, 1.807) is 0 Å². The van der Waals surface area contributed by atoms with Crippen molar-refractivity contribution in [1.82, 2.24) is 15.5 Å². The molecule has 0 aliphatic heterocycles. The van der Waals surface area contributed by atoms with E-state index in [2.05, 4.69) is 15.6 Å². The number of nitrogens with one attached hydrogen (secondary N) is 2. The number of aldehydes is 1. The summed E-state index contributed by atoms with van der Waals surface area (Å²) in [5.74, 6) is -2.98. The van der Waals surface area contributed by atoms with Gasteiger partial charge >= 0.3 is 0 Å². The number of nitrogens with two attached hydrogens (primary N) is 3. The highest BCUT2D eigenvalue weighted by Crippen LogP contribution is 1.99. The van der Waals surface area contributed by atoms with Crippen molar-refractivity contribution in [2.75, 3.05) is 26.2 Å². The number of nitrogens with zero attached hydrogens (tertiary/aromatic N) is 2. The van der Waals surface area contributed by atoms with Crippen molar-refractivity contribution < 1.29 is 29.1 Å². The molecular weight excluding hydrogens is 374 g/mol. The standard InChI is InChI=1S/C15H27N7O6/c1-9(25)22(10(7-23)8-24)13(27)6-20-12(26)5-21-14(28)11(16)3-2-4-19-15(17)18/h7,10-11,24H,2-6,8,16H2,1H3,(H,20,26)(H,21,28)(H4,17,18,19)/t10-,11+/m1/s1. The van der Waals surface area contributed by atoms with Crippen LogP contribution in [0.15, 0.2) is 4.99 Å². The summed E-state index contributed by atoms with van der Waals surface area (Å²) in [6.45, 7) is -0.414. The van der Waals surface area contributed by atoms with Crippen molar-refractivity contribution in [2.45, 2.75) is 31.8 Å². The molecule has 0 fully saturated rings. The van der Waals surface area contributed by atoms with Gasteiger partial charge in [0.2, 0.25) is 23.6 Å². The van der Waals surface area contributed by atoms with Gasteiger partial charge in [-0.3, -0.25) is 29.1 Å². The highest BCUT2D eigenvalue weighted by Gasteiger charge is 2.26. The molecule has 0 aromatic heterocycles. The molecule has 4 amide bonds. The molecule has 0 aliphatic rings. The van der Waals surface area contributed by atoms with Gasteiger partial charge < -0.3 is 37.7 Å². The van der Waals surface area contributed by atoms with Gasteiger partial charge in [-0.2, -0.15) is 0 Å². The molecule has 158 valence electrons. The number of hydrogen-bond acceptors (Lipinski definition) is 8. The molecule has 0 unspecified atom stereocenters. The molecule has 0 rings (SSSR count). The van der Waals surface area contributed by atoms with E-state index < -0.39 is 55.4 Å². The van der Waals surface area contributed by atoms with Crippen molar-refractivity contribution >= 4 is 35.9 Å². The summed E-state index contributed by atoms with van der Waals surface area (Å²) in [5.41, 5.74) is 16.0. The molecule has 0 spiro atoms. The van der Waals surface area contributed by atoms with E-state index in [0.717, 1.165) is 6.92 Å². The Morgan fingerprint density at radius 3 is 2.32 bits per heavy atom. The van der Waals surface area contributed by atoms with Crippen LogP contribution in [0.2, 0.25) is 0 Å². The summed E-state index contributed by atoms with van der Waals surface area (Å²) < 4.78 is 0. The van der Waals surface area contributed by atoms with Crippen LogP contribution in [-0.4, -0.2) is 84.2 Å². The summed E-state index contributed by atoms with van der Waals surface area (Å²) in [7, 11) is 0. The molecule has 9 N–H and O–H groups in total. The van der Waals surface area contributed by atoms with Crippen LogP contribution in [0.5, 0.6) is 0 Å². The molecule has 0 saturated carbocycles. The largest absolute Gasteiger partial charge is 0.394 e. The fourth-order valence-corrected chi connectivity index (χ4v) is 2.05. The SMILES string of the molecule is CC(=O)N(C(=O)CNC(=O)CNC(=O)[C@@H](N)CCCN=C(N)N)[C@H](C=O)CO. The minimum Gasteiger partial charge on any atom is -0.394 e. The first-order valence-electron chi connectivity index (χ1n) is 8.38. The number of aliphatic hydroxyl groups is 1. The topological polar surface area (TPSA) is 223 Å². The third-order valence-electron chi connectivity index (χ3n) is 3.45. The predicted octanol–water partition coefficient (Wildman–Crippen LogP) is -4.47. The van der Waals surface area contributed by atoms with E-state index in [1.807, 2.05) is 0 Å². The number of rotatable bonds is 12. The summed E-state index contributed by atoms with van der Waals surface area (Å²) in [6, 6.07) is -2.20. The van der Waals surface area contributed by atoms with Gasteiger partial charge in [0.05, 0.1) is 25.7 Å². The second-order valence-corrected chi connectivity index (χ2v) is 5.72. The smallest absolute Gasteiger partial charge is 0.249 e. The predicted molar refractivity (Wildman–Crippen MR) is 98.4 cm³/mol. The van der Waals surface area contributed by atoms with Crippen molar-refractivity contribution in [1.29, 1.82) is 0 Å². The van der Waals surface area contributed by atoms with Crippen LogP contribution in [0.1, 0.15) is 19.8 Å². The minimum absolute atomic E-state index is 0.0639. The Hall–Kier alpha value is -3.06. The normalized spacial score (nSPS) is 12.2. The number of aliphatic imine (C=N–C) groups is 1. The second kappa shape index (κ2) is 13.2. The van der Waals surface area contributed by atoms with E-state index >= 15 is 0 Å². The first-order chi connectivity index (χ1) is 13.1. The summed E-state index contributed by atoms with van der Waals surface area (Å²) in [4.78, 5) is 62.0. The molecule has 13 heteroatoms. The molecule has 0 bridgehead atoms. The Morgan fingerprint density at radius 2 is 1.82 bits per heavy atom. The van der Waals surface area contributed by atoms with Crippen molar-refractivity contribution in [3.63, 3.8) is 0 Å². The highest BCUT2D eigenvalue weighted by molar-refractivity contribution is 5.99. The van der Waals surface area contributed by atoms with Crippen molar-refractivity contribution in [2.24, 2.45) is 22.2 Å². The van der Waals surface area contributed by atoms with Crippen LogP contribution in [0.3, 0.4) is 0 Å². The number of carbonyl (C=O) groups is 5. The van der Waals surface area contributed by atoms with Gasteiger partial charge in [-0.15, -0.1) is 0 Å². The Kier molecular flexibility index (Phi) is 11.7. The molecule has 0 aromatic rings. The van der Waals surface area contributed by atoms with Crippen LogP contribution in [0.4, 0.5) is 0 Å². The molecule has 0 heterocycles. The van der Waals surface area contributed by atoms with Gasteiger partial charge in [0.1, 0.15) is 12.3 Å². The van der Waals surface area contributed by atoms with Gasteiger partial charge in [-0.1, -0.05) is 0 Å². The molecule has 0 aromatic carbocycles. The Morgan fingerprint density at radius 1 is 1.18 bits per heavy atom. The highest BCUT2D eigenvalue weighted by atomic mass is 16.3. The lowest BCUT2D eigenvalue weighted by atomic mass is 10.1. The van der Waals surface area contributed by atoms with Crippen LogP contribution in [0, 0.1) is 0 Å². The molecule has 13 nitrogen and oxygen atoms in total. The fraction of sp³-hybridized carbons (Fsp3) is 0.600. The summed E-state index contributed by atoms with van der Waals surface area (Å²) >= 11 is 0. The van der Waals surface area contributed by atoms with E-state index in [-0.39, 0.29) is 12.2 Å². The van der Waals surface area contributed by atoms with Gasteiger partial charge in [-0.05, 0) is 12.8 Å². The Bertz CT molecular complexity index is 606. The molecule has 0 saturated heterocycles. The molecular formula is C15H27N7O6. The van der Waals surface area contributed by atoms with E-state index in [9.17, 15) is 24.0 Å². The van der Waals surface area contributed by atoms with Crippen molar-refractivity contribution in [3.05, 3.63) is 0 Å². The quantitative estimate of drug-likeness (QED) is 0.0801. The number of hydrogen-bond donors (Lipinski definition) is 6. The maximum absolute atomic E-state index is 12.0. The van der Waals surface area contributed by atoms with E-state index in [1.165, 1.54) is 0 Å². The third kappa shape index (κ3) is 9.59. The third-order valence-corrected chi connectivity index (χ3v) is 3.45. The van der Waals surface area contributed by atoms with Gasteiger partial charge in [-0.25, -0.2) is 0 Å². The number of guanidine groups is 1. The number of carbonyl (C=O) groups excluding carboxylic acids is 5. The Balaban J connectivity index is 4.34. The average Bonchev–Trinajstić information content (AvgIpc) is 2.64. The zero-order valence-corrected chi connectivity index (χ0v) is 15.6. The first-order valence-corrected chi connectivity index (χ1v) is 8.38. The van der Waals surface area contributed by atoms with Crippen LogP contribution in [-0.2, 0) is 24.0 Å². The van der Waals surface area contributed by atoms with Gasteiger partial charge in [0.15, 0.2) is 5.96 Å². The monoisotopic (exact) mass is 401 g/mol. The number of aliphatic hydroxyl groups excluding tert-OH is 1. The van der Waals surface area contributed by atoms with Crippen LogP contribution in [0.25, 0.3) is 0 Å². The zero-order chi connectivity index (χ0) is 21.7. The lowest BCUT2D eigenvalue weighted by molar-refractivity contribution is -0.149. The lowest BCUT2D eigenvalue weighted by Crippen LogP contribution is -2.51. The zero-order valence-electron chi connectivity index (χ0n) is 15.6. The molecule has 0 radical (unpaired) electrons. The minimum atomic E-state index is -1.33. The maximum Gasteiger partial charge on any atom is 0.249 e. The molecule has 0 aliphatic carbocycles. The lowest BCUT2D eigenvalue weighted by Gasteiger charge is -2.23. The van der Waals surface area contributed by atoms with Crippen LogP contribution >= 0.6 is 0 Å². The number of imide groups is 1. The molecule has 28 heavy (non-hydrogen) atoms. The van der Waals surface area contributed by atoms with Gasteiger partial charge in [0.25, 0.3) is 0 Å². The Labute approximate surface area is 161 Å². The maximum atomic E-state index is 12.0. The van der Waals surface area contributed by atoms with E-state index in [4.69, 9.17) is 22.3 Å². The van der Waals surface area contributed by atoms with Crippen molar-refractivity contribution in [3.8, 4) is 0 Å². The van der Waals surface area contributed by atoms with Crippen LogP contribution < -0.4 is 27.8 Å². The molecule has 2 atom stereocenters. The summed E-state index contributed by atoms with van der Waals surface area (Å²) in [5, 5.41) is 13.5. The second-order valence-electron chi connectivity index (χ2n) is 5.72. The number of amides is 4. The summed E-state index contributed by atoms with van der Waals surface area (Å²) in [6.07, 6.45) is 1.01. The fourth-order valence-electron chi connectivity index (χ4n) is 2.05. The average molecular weight is 401 g/mol.